The summed E-state index contributed by atoms with van der Waals surface area (Å²) in [5.41, 5.74) is 4.87. The maximum absolute atomic E-state index is 5.52. The summed E-state index contributed by atoms with van der Waals surface area (Å²) >= 11 is 0. The van der Waals surface area contributed by atoms with Gasteiger partial charge in [0.15, 0.2) is 0 Å². The van der Waals surface area contributed by atoms with Gasteiger partial charge in [0.2, 0.25) is 0 Å². The largest absolute Gasteiger partial charge is 0.467 e. The van der Waals surface area contributed by atoms with Gasteiger partial charge >= 0.3 is 0 Å². The van der Waals surface area contributed by atoms with E-state index in [2.05, 4.69) is 119 Å². The lowest BCUT2D eigenvalue weighted by Gasteiger charge is -2.37. The lowest BCUT2D eigenvalue weighted by molar-refractivity contribution is 0.476. The van der Waals surface area contributed by atoms with Crippen LogP contribution in [-0.4, -0.2) is 9.78 Å². The zero-order valence-corrected chi connectivity index (χ0v) is 19.2. The zero-order valence-electron chi connectivity index (χ0n) is 19.2. The summed E-state index contributed by atoms with van der Waals surface area (Å²) in [6, 6.07) is 42.1. The molecule has 0 unspecified atom stereocenters. The minimum atomic E-state index is -0.648. The zero-order chi connectivity index (χ0) is 23.5. The van der Waals surface area contributed by atoms with Gasteiger partial charge in [0.25, 0.3) is 0 Å². The highest BCUT2D eigenvalue weighted by Crippen LogP contribution is 2.42. The quantitative estimate of drug-likeness (QED) is 0.262. The second kappa shape index (κ2) is 8.99. The van der Waals surface area contributed by atoms with Crippen molar-refractivity contribution in [3.05, 3.63) is 156 Å². The van der Waals surface area contributed by atoms with Crippen molar-refractivity contribution >= 4 is 16.6 Å². The summed E-state index contributed by atoms with van der Waals surface area (Å²) in [7, 11) is 0. The van der Waals surface area contributed by atoms with Crippen LogP contribution in [0.5, 0.6) is 0 Å². The summed E-state index contributed by atoms with van der Waals surface area (Å²) < 4.78 is 7.68. The first-order chi connectivity index (χ1) is 17.4. The lowest BCUT2D eigenvalue weighted by atomic mass is 9.77. The van der Waals surface area contributed by atoms with Crippen LogP contribution in [-0.2, 0) is 12.1 Å². The number of fused-ring (bicyclic) bond motifs is 1. The minimum Gasteiger partial charge on any atom is -0.467 e. The molecule has 0 atom stereocenters. The third-order valence-corrected chi connectivity index (χ3v) is 6.54. The van der Waals surface area contributed by atoms with Gasteiger partial charge in [0.05, 0.1) is 24.5 Å². The van der Waals surface area contributed by atoms with Crippen LogP contribution in [0.25, 0.3) is 10.9 Å². The fourth-order valence-electron chi connectivity index (χ4n) is 4.97. The Bertz CT molecular complexity index is 1430. The van der Waals surface area contributed by atoms with Crippen molar-refractivity contribution in [2.75, 3.05) is 5.32 Å². The molecule has 35 heavy (non-hydrogen) atoms. The Morgan fingerprint density at radius 1 is 0.657 bits per heavy atom. The molecule has 170 valence electrons. The number of hydrogen-bond acceptors (Lipinski definition) is 3. The average Bonchev–Trinajstić information content (AvgIpc) is 3.61. The number of anilines is 1. The Labute approximate surface area is 204 Å². The van der Waals surface area contributed by atoms with Crippen LogP contribution in [0.4, 0.5) is 5.69 Å². The lowest BCUT2D eigenvalue weighted by Crippen LogP contribution is -2.38. The third-order valence-electron chi connectivity index (χ3n) is 6.54. The molecule has 6 aromatic rings. The van der Waals surface area contributed by atoms with Crippen molar-refractivity contribution in [2.45, 2.75) is 12.1 Å². The average molecular weight is 456 g/mol. The predicted molar refractivity (Wildman–Crippen MR) is 140 cm³/mol. The van der Waals surface area contributed by atoms with Crippen LogP contribution in [0.2, 0.25) is 0 Å². The number of aromatic nitrogens is 2. The molecule has 0 fully saturated rings. The van der Waals surface area contributed by atoms with Crippen molar-refractivity contribution in [2.24, 2.45) is 0 Å². The molecule has 0 aliphatic heterocycles. The van der Waals surface area contributed by atoms with Crippen LogP contribution < -0.4 is 5.32 Å². The number of hydrogen-bond donors (Lipinski definition) is 1. The first kappa shape index (κ1) is 21.0. The predicted octanol–water partition coefficient (Wildman–Crippen LogP) is 7.08. The molecule has 1 N–H and O–H groups in total. The normalized spacial score (nSPS) is 11.5. The number of nitrogens with one attached hydrogen (secondary N) is 1. The molecule has 0 saturated heterocycles. The molecule has 0 amide bonds. The van der Waals surface area contributed by atoms with Gasteiger partial charge in [-0.3, -0.25) is 0 Å². The topological polar surface area (TPSA) is 43.0 Å². The smallest absolute Gasteiger partial charge is 0.138 e. The van der Waals surface area contributed by atoms with Crippen molar-refractivity contribution in [3.8, 4) is 0 Å². The van der Waals surface area contributed by atoms with E-state index >= 15 is 0 Å². The van der Waals surface area contributed by atoms with E-state index < -0.39 is 5.54 Å². The van der Waals surface area contributed by atoms with E-state index in [0.717, 1.165) is 39.0 Å². The molecule has 2 aromatic heterocycles. The monoisotopic (exact) mass is 455 g/mol. The van der Waals surface area contributed by atoms with E-state index in [0.29, 0.717) is 6.54 Å². The van der Waals surface area contributed by atoms with Gasteiger partial charge in [-0.15, -0.1) is 0 Å². The molecule has 0 spiro atoms. The Kier molecular flexibility index (Phi) is 5.39. The summed E-state index contributed by atoms with van der Waals surface area (Å²) in [5, 5.41) is 9.64. The summed E-state index contributed by atoms with van der Waals surface area (Å²) in [6.45, 7) is 0.610. The van der Waals surface area contributed by atoms with Crippen molar-refractivity contribution in [3.63, 3.8) is 0 Å². The van der Waals surface area contributed by atoms with E-state index in [1.165, 1.54) is 0 Å². The molecule has 0 aliphatic rings. The standard InChI is InChI=1S/C31H25N3O/c1-4-12-24(13-5-1)31(25-14-6-2-7-15-25,26-16-8-3-9-17-26)34-30-20-10-19-29(28(30)23-33-34)32-22-27-18-11-21-35-27/h1-21,23,32H,22H2. The van der Waals surface area contributed by atoms with Gasteiger partial charge in [0, 0.05) is 11.1 Å². The van der Waals surface area contributed by atoms with Crippen LogP contribution in [0.15, 0.2) is 138 Å². The van der Waals surface area contributed by atoms with E-state index in [1.54, 1.807) is 6.26 Å². The highest BCUT2D eigenvalue weighted by Gasteiger charge is 2.40. The molecule has 0 aliphatic carbocycles. The Balaban J connectivity index is 1.61. The van der Waals surface area contributed by atoms with E-state index in [-0.39, 0.29) is 0 Å². The third kappa shape index (κ3) is 3.60. The second-order valence-electron chi connectivity index (χ2n) is 8.54. The number of furan rings is 1. The molecular formula is C31H25N3O. The van der Waals surface area contributed by atoms with E-state index in [4.69, 9.17) is 9.52 Å². The number of benzene rings is 4. The van der Waals surface area contributed by atoms with Gasteiger partial charge in [-0.1, -0.05) is 97.1 Å². The van der Waals surface area contributed by atoms with E-state index in [9.17, 15) is 0 Å². The molecule has 4 heteroatoms. The molecule has 0 saturated carbocycles. The number of rotatable bonds is 7. The Morgan fingerprint density at radius 2 is 1.26 bits per heavy atom. The molecule has 0 bridgehead atoms. The molecular weight excluding hydrogens is 430 g/mol. The van der Waals surface area contributed by atoms with Gasteiger partial charge in [-0.2, -0.15) is 5.10 Å². The van der Waals surface area contributed by atoms with Gasteiger partial charge < -0.3 is 9.73 Å². The molecule has 2 heterocycles. The molecule has 4 nitrogen and oxygen atoms in total. The maximum Gasteiger partial charge on any atom is 0.138 e. The Morgan fingerprint density at radius 3 is 1.80 bits per heavy atom. The molecule has 6 rings (SSSR count). The van der Waals surface area contributed by atoms with Gasteiger partial charge in [-0.25, -0.2) is 4.68 Å². The number of nitrogens with zero attached hydrogens (tertiary/aromatic N) is 2. The Hall–Kier alpha value is -4.57. The van der Waals surface area contributed by atoms with Crippen LogP contribution >= 0.6 is 0 Å². The van der Waals surface area contributed by atoms with Crippen molar-refractivity contribution in [1.29, 1.82) is 0 Å². The van der Waals surface area contributed by atoms with E-state index in [1.807, 2.05) is 18.3 Å². The van der Waals surface area contributed by atoms with Crippen LogP contribution in [0.3, 0.4) is 0 Å². The summed E-state index contributed by atoms with van der Waals surface area (Å²) in [4.78, 5) is 0. The van der Waals surface area contributed by atoms with Crippen molar-refractivity contribution in [1.82, 2.24) is 9.78 Å². The summed E-state index contributed by atoms with van der Waals surface area (Å²) in [5.74, 6) is 0.890. The maximum atomic E-state index is 5.52. The first-order valence-electron chi connectivity index (χ1n) is 11.8. The highest BCUT2D eigenvalue weighted by atomic mass is 16.3. The fourth-order valence-corrected chi connectivity index (χ4v) is 4.97. The minimum absolute atomic E-state index is 0.610. The summed E-state index contributed by atoms with van der Waals surface area (Å²) in [6.07, 6.45) is 3.66. The molecule has 4 aromatic carbocycles. The van der Waals surface area contributed by atoms with Gasteiger partial charge in [-0.05, 0) is 41.0 Å². The SMILES string of the molecule is c1ccc(C(c2ccccc2)(c2ccccc2)n2ncc3c(NCc4ccco4)cccc32)cc1. The molecule has 0 radical (unpaired) electrons. The highest BCUT2D eigenvalue weighted by molar-refractivity contribution is 5.92. The fraction of sp³-hybridized carbons (Fsp3) is 0.0645. The first-order valence-corrected chi connectivity index (χ1v) is 11.8. The van der Waals surface area contributed by atoms with Crippen molar-refractivity contribution < 1.29 is 4.42 Å². The van der Waals surface area contributed by atoms with Crippen LogP contribution in [0, 0.1) is 0 Å². The van der Waals surface area contributed by atoms with Crippen LogP contribution in [0.1, 0.15) is 22.5 Å². The second-order valence-corrected chi connectivity index (χ2v) is 8.54. The van der Waals surface area contributed by atoms with Gasteiger partial charge in [0.1, 0.15) is 11.3 Å².